The van der Waals surface area contributed by atoms with E-state index in [0.29, 0.717) is 6.42 Å². The molecular weight excluding hydrogens is 342 g/mol. The van der Waals surface area contributed by atoms with Crippen molar-refractivity contribution in [1.29, 1.82) is 0 Å². The van der Waals surface area contributed by atoms with Crippen LogP contribution in [0.2, 0.25) is 0 Å². The molecule has 22 heavy (non-hydrogen) atoms. The minimum atomic E-state index is -0.133. The molecule has 0 aliphatic heterocycles. The average Bonchev–Trinajstić information content (AvgIpc) is 2.48. The smallest absolute Gasteiger partial charge is 0.244 e. The van der Waals surface area contributed by atoms with Gasteiger partial charge in [-0.05, 0) is 39.2 Å². The van der Waals surface area contributed by atoms with Crippen LogP contribution in [0.4, 0.5) is 5.69 Å². The SMILES string of the molecule is CN(C)c1ccc(/C=N\NC(=O)Cc2ccccc2)cc1Br. The molecule has 2 rings (SSSR count). The van der Waals surface area contributed by atoms with Crippen molar-refractivity contribution in [3.63, 3.8) is 0 Å². The summed E-state index contributed by atoms with van der Waals surface area (Å²) in [6.07, 6.45) is 1.95. The molecule has 0 spiro atoms. The molecule has 0 aliphatic rings. The Morgan fingerprint density at radius 2 is 1.95 bits per heavy atom. The van der Waals surface area contributed by atoms with Crippen LogP contribution in [0, 0.1) is 0 Å². The summed E-state index contributed by atoms with van der Waals surface area (Å²) in [7, 11) is 3.97. The number of halogens is 1. The zero-order valence-electron chi connectivity index (χ0n) is 12.6. The van der Waals surface area contributed by atoms with Crippen molar-refractivity contribution >= 4 is 33.7 Å². The van der Waals surface area contributed by atoms with Gasteiger partial charge >= 0.3 is 0 Å². The summed E-state index contributed by atoms with van der Waals surface area (Å²) in [5, 5.41) is 3.99. The van der Waals surface area contributed by atoms with E-state index in [1.807, 2.05) is 67.5 Å². The van der Waals surface area contributed by atoms with E-state index < -0.39 is 0 Å². The highest BCUT2D eigenvalue weighted by molar-refractivity contribution is 9.10. The molecule has 0 saturated heterocycles. The van der Waals surface area contributed by atoms with Gasteiger partial charge in [0.2, 0.25) is 5.91 Å². The molecule has 0 unspecified atom stereocenters. The Labute approximate surface area is 139 Å². The van der Waals surface area contributed by atoms with E-state index in [1.165, 1.54) is 0 Å². The fourth-order valence-corrected chi connectivity index (χ4v) is 2.72. The molecule has 5 heteroatoms. The molecule has 0 atom stereocenters. The van der Waals surface area contributed by atoms with Gasteiger partial charge in [-0.2, -0.15) is 5.10 Å². The predicted octanol–water partition coefficient (Wildman–Crippen LogP) is 3.21. The molecule has 0 saturated carbocycles. The number of anilines is 1. The van der Waals surface area contributed by atoms with Gasteiger partial charge in [-0.25, -0.2) is 5.43 Å². The monoisotopic (exact) mass is 359 g/mol. The highest BCUT2D eigenvalue weighted by Crippen LogP contribution is 2.25. The summed E-state index contributed by atoms with van der Waals surface area (Å²) in [5.41, 5.74) is 5.51. The molecule has 4 nitrogen and oxygen atoms in total. The second-order valence-electron chi connectivity index (χ2n) is 5.06. The second kappa shape index (κ2) is 7.75. The largest absolute Gasteiger partial charge is 0.377 e. The molecular formula is C17H18BrN3O. The van der Waals surface area contributed by atoms with Gasteiger partial charge < -0.3 is 4.90 Å². The minimum Gasteiger partial charge on any atom is -0.377 e. The summed E-state index contributed by atoms with van der Waals surface area (Å²) in [6.45, 7) is 0. The van der Waals surface area contributed by atoms with Crippen molar-refractivity contribution in [1.82, 2.24) is 5.43 Å². The average molecular weight is 360 g/mol. The number of nitrogens with zero attached hydrogens (tertiary/aromatic N) is 2. The van der Waals surface area contributed by atoms with Crippen LogP contribution in [0.1, 0.15) is 11.1 Å². The number of carbonyl (C=O) groups is 1. The van der Waals surface area contributed by atoms with Crippen molar-refractivity contribution < 1.29 is 4.79 Å². The number of hydrogen-bond acceptors (Lipinski definition) is 3. The van der Waals surface area contributed by atoms with Crippen LogP contribution in [-0.4, -0.2) is 26.2 Å². The maximum atomic E-state index is 11.8. The Balaban J connectivity index is 1.92. The number of rotatable bonds is 5. The third-order valence-corrected chi connectivity index (χ3v) is 3.70. The van der Waals surface area contributed by atoms with Crippen LogP contribution in [0.15, 0.2) is 58.1 Å². The number of hydrogen-bond donors (Lipinski definition) is 1. The van der Waals surface area contributed by atoms with Crippen LogP contribution in [0.5, 0.6) is 0 Å². The van der Waals surface area contributed by atoms with E-state index in [1.54, 1.807) is 6.21 Å². The molecule has 0 heterocycles. The molecule has 114 valence electrons. The van der Waals surface area contributed by atoms with E-state index in [9.17, 15) is 4.79 Å². The van der Waals surface area contributed by atoms with Crippen molar-refractivity contribution in [2.45, 2.75) is 6.42 Å². The minimum absolute atomic E-state index is 0.133. The van der Waals surface area contributed by atoms with Crippen LogP contribution in [0.25, 0.3) is 0 Å². The first-order chi connectivity index (χ1) is 10.6. The van der Waals surface area contributed by atoms with Crippen LogP contribution >= 0.6 is 15.9 Å². The molecule has 0 fully saturated rings. The highest BCUT2D eigenvalue weighted by atomic mass is 79.9. The van der Waals surface area contributed by atoms with E-state index in [2.05, 4.69) is 26.5 Å². The fourth-order valence-electron chi connectivity index (χ4n) is 1.97. The highest BCUT2D eigenvalue weighted by Gasteiger charge is 2.03. The Morgan fingerprint density at radius 1 is 1.23 bits per heavy atom. The van der Waals surface area contributed by atoms with Gasteiger partial charge in [-0.15, -0.1) is 0 Å². The first kappa shape index (κ1) is 16.2. The van der Waals surface area contributed by atoms with Crippen molar-refractivity contribution in [2.75, 3.05) is 19.0 Å². The van der Waals surface area contributed by atoms with E-state index in [4.69, 9.17) is 0 Å². The zero-order valence-corrected chi connectivity index (χ0v) is 14.2. The Bertz CT molecular complexity index is 669. The number of benzene rings is 2. The summed E-state index contributed by atoms with van der Waals surface area (Å²) < 4.78 is 0.983. The van der Waals surface area contributed by atoms with Gasteiger partial charge in [0.15, 0.2) is 0 Å². The van der Waals surface area contributed by atoms with Gasteiger partial charge in [0.05, 0.1) is 18.3 Å². The molecule has 1 amide bonds. The molecule has 1 N–H and O–H groups in total. The topological polar surface area (TPSA) is 44.7 Å². The first-order valence-corrected chi connectivity index (χ1v) is 7.68. The lowest BCUT2D eigenvalue weighted by molar-refractivity contribution is -0.120. The molecule has 2 aromatic carbocycles. The summed E-state index contributed by atoms with van der Waals surface area (Å²) in [5.74, 6) is -0.133. The molecule has 0 radical (unpaired) electrons. The molecule has 0 aliphatic carbocycles. The van der Waals surface area contributed by atoms with Crippen LogP contribution in [0.3, 0.4) is 0 Å². The third kappa shape index (κ3) is 4.70. The lowest BCUT2D eigenvalue weighted by atomic mass is 10.1. The Kier molecular flexibility index (Phi) is 5.72. The second-order valence-corrected chi connectivity index (χ2v) is 5.92. The van der Waals surface area contributed by atoms with Crippen molar-refractivity contribution in [2.24, 2.45) is 5.10 Å². The first-order valence-electron chi connectivity index (χ1n) is 6.89. The Morgan fingerprint density at radius 3 is 2.59 bits per heavy atom. The van der Waals surface area contributed by atoms with E-state index in [0.717, 1.165) is 21.3 Å². The number of hydrazone groups is 1. The van der Waals surface area contributed by atoms with Crippen molar-refractivity contribution in [3.8, 4) is 0 Å². The summed E-state index contributed by atoms with van der Waals surface area (Å²) in [4.78, 5) is 13.8. The van der Waals surface area contributed by atoms with E-state index >= 15 is 0 Å². The van der Waals surface area contributed by atoms with Crippen LogP contribution in [-0.2, 0) is 11.2 Å². The predicted molar refractivity (Wildman–Crippen MR) is 94.4 cm³/mol. The van der Waals surface area contributed by atoms with Gasteiger partial charge in [0.1, 0.15) is 0 Å². The van der Waals surface area contributed by atoms with E-state index in [-0.39, 0.29) is 5.91 Å². The number of nitrogens with one attached hydrogen (secondary N) is 1. The number of carbonyl (C=O) groups excluding carboxylic acids is 1. The standard InChI is InChI=1S/C17H18BrN3O/c1-21(2)16-9-8-14(10-15(16)18)12-19-20-17(22)11-13-6-4-3-5-7-13/h3-10,12H,11H2,1-2H3,(H,20,22)/b19-12-. The lowest BCUT2D eigenvalue weighted by Gasteiger charge is -2.14. The third-order valence-electron chi connectivity index (χ3n) is 3.06. The lowest BCUT2D eigenvalue weighted by Crippen LogP contribution is -2.19. The summed E-state index contributed by atoms with van der Waals surface area (Å²) in [6, 6.07) is 15.5. The normalized spacial score (nSPS) is 10.7. The van der Waals surface area contributed by atoms with Gasteiger partial charge in [0.25, 0.3) is 0 Å². The fraction of sp³-hybridized carbons (Fsp3) is 0.176. The van der Waals surface area contributed by atoms with Gasteiger partial charge in [-0.1, -0.05) is 36.4 Å². The molecule has 2 aromatic rings. The van der Waals surface area contributed by atoms with Gasteiger partial charge in [-0.3, -0.25) is 4.79 Å². The Hall–Kier alpha value is -2.14. The maximum absolute atomic E-state index is 11.8. The van der Waals surface area contributed by atoms with Crippen molar-refractivity contribution in [3.05, 3.63) is 64.1 Å². The quantitative estimate of drug-likeness (QED) is 0.657. The zero-order chi connectivity index (χ0) is 15.9. The summed E-state index contributed by atoms with van der Waals surface area (Å²) >= 11 is 3.52. The maximum Gasteiger partial charge on any atom is 0.244 e. The van der Waals surface area contributed by atoms with Crippen LogP contribution < -0.4 is 10.3 Å². The molecule has 0 aromatic heterocycles. The number of amides is 1. The van der Waals surface area contributed by atoms with Gasteiger partial charge in [0, 0.05) is 18.6 Å². The molecule has 0 bridgehead atoms.